The van der Waals surface area contributed by atoms with Crippen molar-refractivity contribution >= 4 is 17.9 Å². The normalized spacial score (nSPS) is 13.7. The van der Waals surface area contributed by atoms with Gasteiger partial charge in [0.15, 0.2) is 12.4 Å². The number of unbranched alkanes of at least 4 members (excludes halogenated alkanes) is 22. The van der Waals surface area contributed by atoms with E-state index in [1.807, 2.05) is 21.1 Å². The quantitative estimate of drug-likeness (QED) is 0.0195. The molecule has 0 N–H and O–H groups in total. The summed E-state index contributed by atoms with van der Waals surface area (Å²) in [5, 5.41) is 11.8. The number of ether oxygens (including phenoxy) is 4. The van der Waals surface area contributed by atoms with E-state index in [4.69, 9.17) is 18.9 Å². The molecule has 0 amide bonds. The topological polar surface area (TPSA) is 111 Å². The van der Waals surface area contributed by atoms with E-state index in [1.165, 1.54) is 89.9 Å². The summed E-state index contributed by atoms with van der Waals surface area (Å²) in [5.41, 5.74) is 0. The number of nitrogens with zero attached hydrogens (tertiary/aromatic N) is 1. The van der Waals surface area contributed by atoms with Gasteiger partial charge >= 0.3 is 11.9 Å². The number of hydrogen-bond donors (Lipinski definition) is 0. The van der Waals surface area contributed by atoms with Crippen LogP contribution in [0.1, 0.15) is 258 Å². The van der Waals surface area contributed by atoms with Crippen molar-refractivity contribution in [2.75, 3.05) is 47.5 Å². The highest BCUT2D eigenvalue weighted by atomic mass is 16.7. The molecule has 0 aromatic heterocycles. The van der Waals surface area contributed by atoms with E-state index >= 15 is 0 Å². The third-order valence-corrected chi connectivity index (χ3v) is 14.1. The van der Waals surface area contributed by atoms with E-state index in [0.717, 1.165) is 135 Å². The van der Waals surface area contributed by atoms with E-state index in [9.17, 15) is 19.5 Å². The summed E-state index contributed by atoms with van der Waals surface area (Å²) in [5.74, 6) is -2.31. The van der Waals surface area contributed by atoms with Crippen LogP contribution in [0.25, 0.3) is 0 Å². The van der Waals surface area contributed by atoms with Crippen LogP contribution in [0.15, 0.2) is 146 Å². The lowest BCUT2D eigenvalue weighted by molar-refractivity contribution is -0.870. The van der Waals surface area contributed by atoms with E-state index in [-0.39, 0.29) is 38.6 Å². The van der Waals surface area contributed by atoms with E-state index in [1.54, 1.807) is 0 Å². The first-order chi connectivity index (χ1) is 41.6. The molecule has 2 atom stereocenters. The van der Waals surface area contributed by atoms with Gasteiger partial charge in [0.1, 0.15) is 13.2 Å². The van der Waals surface area contributed by atoms with Gasteiger partial charge in [-0.1, -0.05) is 275 Å². The first-order valence-electron chi connectivity index (χ1n) is 34.0. The van der Waals surface area contributed by atoms with Gasteiger partial charge in [-0.2, -0.15) is 0 Å². The SMILES string of the molecule is CC/C=C\C/C=C\C/C=C\C/C=C\C/C=C\C/C=C\C/C=C\C/C=C\CCCCCCCCC(=O)OC(COC(=O)CCCCCCCCCCCCCCCCCC/C=C\C/C=C\C/C=C\C/C=C\CC)COC(OCC[N+](C)(C)C)C(=O)[O-]. The van der Waals surface area contributed by atoms with Crippen molar-refractivity contribution in [3.63, 3.8) is 0 Å². The van der Waals surface area contributed by atoms with Crippen LogP contribution in [0.4, 0.5) is 0 Å². The van der Waals surface area contributed by atoms with Crippen molar-refractivity contribution in [2.45, 2.75) is 270 Å². The van der Waals surface area contributed by atoms with Crippen molar-refractivity contribution in [3.8, 4) is 0 Å². The summed E-state index contributed by atoms with van der Waals surface area (Å²) in [7, 11) is 5.92. The Kier molecular flexibility index (Phi) is 61.4. The molecule has 85 heavy (non-hydrogen) atoms. The molecule has 0 heterocycles. The van der Waals surface area contributed by atoms with Crippen molar-refractivity contribution < 1.29 is 42.9 Å². The summed E-state index contributed by atoms with van der Waals surface area (Å²) in [6.07, 6.45) is 92.0. The van der Waals surface area contributed by atoms with Gasteiger partial charge in [-0.25, -0.2) is 0 Å². The van der Waals surface area contributed by atoms with Crippen molar-refractivity contribution in [1.29, 1.82) is 0 Å². The second kappa shape index (κ2) is 65.2. The highest BCUT2D eigenvalue weighted by Crippen LogP contribution is 2.16. The summed E-state index contributed by atoms with van der Waals surface area (Å²) >= 11 is 0. The summed E-state index contributed by atoms with van der Waals surface area (Å²) in [6, 6.07) is 0. The van der Waals surface area contributed by atoms with Gasteiger partial charge < -0.3 is 33.3 Å². The molecule has 0 bridgehead atoms. The van der Waals surface area contributed by atoms with Gasteiger partial charge in [-0.15, -0.1) is 0 Å². The van der Waals surface area contributed by atoms with E-state index < -0.39 is 24.3 Å². The maximum atomic E-state index is 12.9. The van der Waals surface area contributed by atoms with Gasteiger partial charge in [-0.3, -0.25) is 9.59 Å². The van der Waals surface area contributed by atoms with Crippen molar-refractivity contribution in [1.82, 2.24) is 0 Å². The maximum absolute atomic E-state index is 12.9. The minimum Gasteiger partial charge on any atom is -0.545 e. The van der Waals surface area contributed by atoms with Crippen molar-refractivity contribution in [2.24, 2.45) is 0 Å². The van der Waals surface area contributed by atoms with E-state index in [2.05, 4.69) is 160 Å². The third-order valence-electron chi connectivity index (χ3n) is 14.1. The number of hydrogen-bond acceptors (Lipinski definition) is 8. The number of aliphatic carboxylic acids is 1. The van der Waals surface area contributed by atoms with Gasteiger partial charge in [0.25, 0.3) is 0 Å². The average molecular weight is 1180 g/mol. The molecule has 9 heteroatoms. The molecular formula is C76H125NO8. The molecule has 0 rings (SSSR count). The largest absolute Gasteiger partial charge is 0.545 e. The van der Waals surface area contributed by atoms with Gasteiger partial charge in [0, 0.05) is 12.8 Å². The van der Waals surface area contributed by atoms with Gasteiger partial charge in [0.05, 0.1) is 40.3 Å². The predicted molar refractivity (Wildman–Crippen MR) is 361 cm³/mol. The van der Waals surface area contributed by atoms with Gasteiger partial charge in [-0.05, 0) is 116 Å². The Labute approximate surface area is 522 Å². The third kappa shape index (κ3) is 66.5. The molecule has 0 fully saturated rings. The monoisotopic (exact) mass is 1180 g/mol. The van der Waals surface area contributed by atoms with Crippen molar-refractivity contribution in [3.05, 3.63) is 146 Å². The maximum Gasteiger partial charge on any atom is 0.306 e. The Balaban J connectivity index is 4.21. The number of quaternary nitrogens is 1. The molecule has 0 radical (unpaired) electrons. The van der Waals surface area contributed by atoms with Crippen LogP contribution >= 0.6 is 0 Å². The lowest BCUT2D eigenvalue weighted by Gasteiger charge is -2.26. The number of allylic oxidation sites excluding steroid dienone is 24. The first kappa shape index (κ1) is 80.2. The van der Waals surface area contributed by atoms with Crippen LogP contribution in [0.2, 0.25) is 0 Å². The summed E-state index contributed by atoms with van der Waals surface area (Å²) < 4.78 is 22.8. The Morgan fingerprint density at radius 3 is 0.941 bits per heavy atom. The zero-order valence-electron chi connectivity index (χ0n) is 54.9. The molecule has 0 aromatic carbocycles. The number of carbonyl (C=O) groups excluding carboxylic acids is 3. The average Bonchev–Trinajstić information content (AvgIpc) is 3.49. The molecule has 482 valence electrons. The molecule has 0 aliphatic heterocycles. The Morgan fingerprint density at radius 1 is 0.353 bits per heavy atom. The Morgan fingerprint density at radius 2 is 0.635 bits per heavy atom. The van der Waals surface area contributed by atoms with Gasteiger partial charge in [0.2, 0.25) is 0 Å². The standard InChI is InChI=1S/C76H125NO8/c1-6-8-10-12-14-16-18-20-22-24-26-28-30-32-34-36-37-39-41-43-45-47-49-51-53-55-57-59-61-63-65-67-74(79)85-72(71-84-76(75(80)81)82-69-68-77(3,4)5)70-83-73(78)66-64-62-60-58-56-54-52-50-48-46-44-42-40-38-35-33-31-29-27-25-23-21-19-17-15-13-11-9-7-2/h8-11,14-17,20-23,26-29,32,34,37,39,43,45,49,51,72,76H,6-7,12-13,18-19,24-25,30-31,33,35-36,38,40-42,44,46-48,50,52-71H2,1-5H3/b10-8-,11-9-,16-14-,17-15-,22-20-,23-21-,28-26-,29-27-,34-32-,39-37-,45-43-,51-49-. The minimum atomic E-state index is -1.64. The smallest absolute Gasteiger partial charge is 0.306 e. The van der Waals surface area contributed by atoms with Crippen LogP contribution in [0.3, 0.4) is 0 Å². The fourth-order valence-electron chi connectivity index (χ4n) is 8.96. The second-order valence-electron chi connectivity index (χ2n) is 23.3. The molecular weight excluding hydrogens is 1050 g/mol. The highest BCUT2D eigenvalue weighted by molar-refractivity contribution is 5.70. The van der Waals surface area contributed by atoms with Crippen LogP contribution in [0.5, 0.6) is 0 Å². The lowest BCUT2D eigenvalue weighted by atomic mass is 10.0. The second-order valence-corrected chi connectivity index (χ2v) is 23.3. The summed E-state index contributed by atoms with van der Waals surface area (Å²) in [6.45, 7) is 4.50. The minimum absolute atomic E-state index is 0.137. The van der Waals surface area contributed by atoms with Crippen LogP contribution in [-0.4, -0.2) is 82.3 Å². The number of likely N-dealkylation sites (N-methyl/N-ethyl adjacent to an activating group) is 1. The zero-order valence-corrected chi connectivity index (χ0v) is 54.9. The molecule has 0 aromatic rings. The highest BCUT2D eigenvalue weighted by Gasteiger charge is 2.22. The molecule has 2 unspecified atom stereocenters. The number of rotatable bonds is 61. The number of carboxylic acids is 1. The number of esters is 2. The Bertz CT molecular complexity index is 1900. The molecule has 0 aliphatic rings. The first-order valence-corrected chi connectivity index (χ1v) is 34.0. The zero-order chi connectivity index (χ0) is 61.9. The molecule has 0 aliphatic carbocycles. The summed E-state index contributed by atoms with van der Waals surface area (Å²) in [4.78, 5) is 37.5. The van der Waals surface area contributed by atoms with Crippen LogP contribution in [0, 0.1) is 0 Å². The molecule has 9 nitrogen and oxygen atoms in total. The van der Waals surface area contributed by atoms with Crippen LogP contribution < -0.4 is 5.11 Å². The fraction of sp³-hybridized carbons (Fsp3) is 0.645. The van der Waals surface area contributed by atoms with Crippen LogP contribution in [-0.2, 0) is 33.3 Å². The number of carbonyl (C=O) groups is 3. The van der Waals surface area contributed by atoms with E-state index in [0.29, 0.717) is 17.4 Å². The fourth-order valence-corrected chi connectivity index (χ4v) is 8.96. The number of carboxylic acid groups (broad SMARTS) is 1. The molecule has 0 spiro atoms. The predicted octanol–water partition coefficient (Wildman–Crippen LogP) is 19.8. The lowest BCUT2D eigenvalue weighted by Crippen LogP contribution is -2.44. The molecule has 0 saturated carbocycles. The Hall–Kier alpha value is -4.83. The molecule has 0 saturated heterocycles.